The SMILES string of the molecule is CNC(C)(C)c1cccn1C. The summed E-state index contributed by atoms with van der Waals surface area (Å²) < 4.78 is 2.14. The van der Waals surface area contributed by atoms with Gasteiger partial charge in [-0.25, -0.2) is 0 Å². The quantitative estimate of drug-likeness (QED) is 0.679. The van der Waals surface area contributed by atoms with E-state index >= 15 is 0 Å². The summed E-state index contributed by atoms with van der Waals surface area (Å²) in [6.07, 6.45) is 2.06. The average molecular weight is 152 g/mol. The van der Waals surface area contributed by atoms with Gasteiger partial charge in [0.1, 0.15) is 0 Å². The van der Waals surface area contributed by atoms with E-state index in [4.69, 9.17) is 0 Å². The Labute approximate surface area is 68.2 Å². The van der Waals surface area contributed by atoms with Crippen molar-refractivity contribution in [3.63, 3.8) is 0 Å². The summed E-state index contributed by atoms with van der Waals surface area (Å²) in [7, 11) is 4.04. The lowest BCUT2D eigenvalue weighted by Gasteiger charge is -2.24. The van der Waals surface area contributed by atoms with Gasteiger partial charge in [-0.1, -0.05) is 0 Å². The molecular weight excluding hydrogens is 136 g/mol. The molecule has 1 aromatic rings. The Morgan fingerprint density at radius 1 is 1.45 bits per heavy atom. The third-order valence-corrected chi connectivity index (χ3v) is 2.21. The normalized spacial score (nSPS) is 12.0. The first-order valence-electron chi connectivity index (χ1n) is 3.88. The first kappa shape index (κ1) is 8.34. The van der Waals surface area contributed by atoms with Gasteiger partial charge in [0.05, 0.1) is 5.54 Å². The van der Waals surface area contributed by atoms with E-state index in [2.05, 4.69) is 49.1 Å². The number of nitrogens with one attached hydrogen (secondary N) is 1. The molecular formula is C9H16N2. The molecule has 0 aromatic carbocycles. The van der Waals surface area contributed by atoms with Gasteiger partial charge in [-0.2, -0.15) is 0 Å². The van der Waals surface area contributed by atoms with Crippen molar-refractivity contribution in [3.8, 4) is 0 Å². The molecule has 0 unspecified atom stereocenters. The topological polar surface area (TPSA) is 17.0 Å². The first-order chi connectivity index (χ1) is 5.08. The Kier molecular flexibility index (Phi) is 2.05. The van der Waals surface area contributed by atoms with Crippen LogP contribution in [0.4, 0.5) is 0 Å². The highest BCUT2D eigenvalue weighted by atomic mass is 15.0. The van der Waals surface area contributed by atoms with Crippen LogP contribution < -0.4 is 5.32 Å². The number of rotatable bonds is 2. The summed E-state index contributed by atoms with van der Waals surface area (Å²) in [6, 6.07) is 4.20. The molecule has 0 aliphatic carbocycles. The Balaban J connectivity index is 3.00. The molecule has 0 saturated heterocycles. The summed E-state index contributed by atoms with van der Waals surface area (Å²) in [6.45, 7) is 4.34. The van der Waals surface area contributed by atoms with Crippen LogP contribution in [0.15, 0.2) is 18.3 Å². The van der Waals surface area contributed by atoms with Crippen LogP contribution in [0, 0.1) is 0 Å². The van der Waals surface area contributed by atoms with E-state index in [1.807, 2.05) is 7.05 Å². The van der Waals surface area contributed by atoms with E-state index in [0.717, 1.165) is 0 Å². The van der Waals surface area contributed by atoms with Crippen molar-refractivity contribution >= 4 is 0 Å². The van der Waals surface area contributed by atoms with Crippen molar-refractivity contribution in [2.75, 3.05) is 7.05 Å². The van der Waals surface area contributed by atoms with E-state index < -0.39 is 0 Å². The van der Waals surface area contributed by atoms with Gasteiger partial charge in [0.25, 0.3) is 0 Å². The minimum Gasteiger partial charge on any atom is -0.353 e. The van der Waals surface area contributed by atoms with Crippen LogP contribution >= 0.6 is 0 Å². The molecule has 1 N–H and O–H groups in total. The van der Waals surface area contributed by atoms with Crippen LogP contribution in [0.25, 0.3) is 0 Å². The summed E-state index contributed by atoms with van der Waals surface area (Å²) in [5, 5.41) is 3.26. The van der Waals surface area contributed by atoms with Gasteiger partial charge in [-0.05, 0) is 33.0 Å². The predicted molar refractivity (Wildman–Crippen MR) is 47.5 cm³/mol. The van der Waals surface area contributed by atoms with Gasteiger partial charge in [-0.3, -0.25) is 0 Å². The van der Waals surface area contributed by atoms with Gasteiger partial charge in [0, 0.05) is 18.9 Å². The Morgan fingerprint density at radius 3 is 2.45 bits per heavy atom. The second-order valence-electron chi connectivity index (χ2n) is 3.38. The smallest absolute Gasteiger partial charge is 0.0528 e. The second-order valence-corrected chi connectivity index (χ2v) is 3.38. The molecule has 0 radical (unpaired) electrons. The highest BCUT2D eigenvalue weighted by Crippen LogP contribution is 2.18. The van der Waals surface area contributed by atoms with Gasteiger partial charge >= 0.3 is 0 Å². The molecule has 0 spiro atoms. The molecule has 11 heavy (non-hydrogen) atoms. The monoisotopic (exact) mass is 152 g/mol. The lowest BCUT2D eigenvalue weighted by Crippen LogP contribution is -2.34. The standard InChI is InChI=1S/C9H16N2/c1-9(2,10-3)8-6-5-7-11(8)4/h5-7,10H,1-4H3. The highest BCUT2D eigenvalue weighted by Gasteiger charge is 2.19. The molecule has 2 nitrogen and oxygen atoms in total. The molecule has 0 aliphatic heterocycles. The molecule has 0 fully saturated rings. The fraction of sp³-hybridized carbons (Fsp3) is 0.556. The van der Waals surface area contributed by atoms with Gasteiger partial charge in [-0.15, -0.1) is 0 Å². The number of hydrogen-bond donors (Lipinski definition) is 1. The van der Waals surface area contributed by atoms with Crippen LogP contribution in [0.3, 0.4) is 0 Å². The fourth-order valence-corrected chi connectivity index (χ4v) is 1.24. The minimum atomic E-state index is 0.0677. The van der Waals surface area contributed by atoms with Crippen LogP contribution in [0.5, 0.6) is 0 Å². The molecule has 1 heterocycles. The molecule has 0 saturated carbocycles. The lowest BCUT2D eigenvalue weighted by atomic mass is 10.0. The molecule has 62 valence electrons. The van der Waals surface area contributed by atoms with Gasteiger partial charge < -0.3 is 9.88 Å². The first-order valence-corrected chi connectivity index (χ1v) is 3.88. The second kappa shape index (κ2) is 2.70. The van der Waals surface area contributed by atoms with Crippen molar-refractivity contribution < 1.29 is 0 Å². The lowest BCUT2D eigenvalue weighted by molar-refractivity contribution is 0.418. The van der Waals surface area contributed by atoms with E-state index in [0.29, 0.717) is 0 Å². The average Bonchev–Trinajstić information content (AvgIpc) is 2.36. The molecule has 1 rings (SSSR count). The van der Waals surface area contributed by atoms with Gasteiger partial charge in [0.15, 0.2) is 0 Å². The van der Waals surface area contributed by atoms with E-state index in [1.165, 1.54) is 5.69 Å². The van der Waals surface area contributed by atoms with Crippen molar-refractivity contribution in [1.29, 1.82) is 0 Å². The zero-order valence-electron chi connectivity index (χ0n) is 7.68. The Morgan fingerprint density at radius 2 is 2.09 bits per heavy atom. The van der Waals surface area contributed by atoms with E-state index in [1.54, 1.807) is 0 Å². The minimum absolute atomic E-state index is 0.0677. The maximum atomic E-state index is 3.26. The number of hydrogen-bond acceptors (Lipinski definition) is 1. The molecule has 0 atom stereocenters. The van der Waals surface area contributed by atoms with E-state index in [9.17, 15) is 0 Å². The van der Waals surface area contributed by atoms with Crippen LogP contribution in [-0.4, -0.2) is 11.6 Å². The van der Waals surface area contributed by atoms with Crippen LogP contribution in [0.1, 0.15) is 19.5 Å². The maximum Gasteiger partial charge on any atom is 0.0528 e. The number of aromatic nitrogens is 1. The Bertz CT molecular complexity index is 235. The predicted octanol–water partition coefficient (Wildman–Crippen LogP) is 1.48. The fourth-order valence-electron chi connectivity index (χ4n) is 1.24. The van der Waals surface area contributed by atoms with Crippen molar-refractivity contribution in [3.05, 3.63) is 24.0 Å². The third kappa shape index (κ3) is 1.46. The molecule has 2 heteroatoms. The summed E-state index contributed by atoms with van der Waals surface area (Å²) in [5.41, 5.74) is 1.37. The summed E-state index contributed by atoms with van der Waals surface area (Å²) in [5.74, 6) is 0. The highest BCUT2D eigenvalue weighted by molar-refractivity contribution is 5.15. The zero-order valence-corrected chi connectivity index (χ0v) is 7.68. The van der Waals surface area contributed by atoms with Gasteiger partial charge in [0.2, 0.25) is 0 Å². The zero-order chi connectivity index (χ0) is 8.48. The van der Waals surface area contributed by atoms with Crippen LogP contribution in [0.2, 0.25) is 0 Å². The molecule has 0 bridgehead atoms. The number of aryl methyl sites for hydroxylation is 1. The number of nitrogens with zero attached hydrogens (tertiary/aromatic N) is 1. The third-order valence-electron chi connectivity index (χ3n) is 2.21. The Hall–Kier alpha value is -0.760. The molecule has 1 aromatic heterocycles. The van der Waals surface area contributed by atoms with E-state index in [-0.39, 0.29) is 5.54 Å². The summed E-state index contributed by atoms with van der Waals surface area (Å²) in [4.78, 5) is 0. The van der Waals surface area contributed by atoms with Crippen molar-refractivity contribution in [2.45, 2.75) is 19.4 Å². The maximum absolute atomic E-state index is 3.26. The van der Waals surface area contributed by atoms with Crippen molar-refractivity contribution in [2.24, 2.45) is 7.05 Å². The van der Waals surface area contributed by atoms with Crippen molar-refractivity contribution in [1.82, 2.24) is 9.88 Å². The molecule has 0 amide bonds. The summed E-state index contributed by atoms with van der Waals surface area (Å²) >= 11 is 0. The molecule has 0 aliphatic rings. The van der Waals surface area contributed by atoms with Crippen LogP contribution in [-0.2, 0) is 12.6 Å². The largest absolute Gasteiger partial charge is 0.353 e.